The summed E-state index contributed by atoms with van der Waals surface area (Å²) in [5.74, 6) is 3.21. The molecule has 1 heterocycles. The quantitative estimate of drug-likeness (QED) is 0.319. The van der Waals surface area contributed by atoms with Gasteiger partial charge in [-0.05, 0) is 47.4 Å². The lowest BCUT2D eigenvalue weighted by atomic mass is 9.87. The van der Waals surface area contributed by atoms with Gasteiger partial charge < -0.3 is 24.3 Å². The number of pyridine rings is 1. The summed E-state index contributed by atoms with van der Waals surface area (Å²) in [6.45, 7) is 6.61. The van der Waals surface area contributed by atoms with Crippen LogP contribution >= 0.6 is 0 Å². The summed E-state index contributed by atoms with van der Waals surface area (Å²) in [6.07, 6.45) is 1.71. The van der Waals surface area contributed by atoms with Crippen molar-refractivity contribution in [2.75, 3.05) is 26.6 Å². The molecular formula is C28H30N2O4. The minimum atomic E-state index is 0.113. The molecule has 0 aliphatic rings. The van der Waals surface area contributed by atoms with Crippen LogP contribution in [0.2, 0.25) is 0 Å². The molecule has 0 saturated heterocycles. The van der Waals surface area contributed by atoms with Crippen molar-refractivity contribution < 1.29 is 18.9 Å². The second-order valence-corrected chi connectivity index (χ2v) is 8.95. The van der Waals surface area contributed by atoms with Crippen LogP contribution in [0.5, 0.6) is 28.7 Å². The first-order valence-electron chi connectivity index (χ1n) is 11.1. The Morgan fingerprint density at radius 3 is 2.03 bits per heavy atom. The largest absolute Gasteiger partial charge is 0.494 e. The smallest absolute Gasteiger partial charge is 0.162 e. The summed E-state index contributed by atoms with van der Waals surface area (Å²) < 4.78 is 22.7. The van der Waals surface area contributed by atoms with E-state index in [2.05, 4.69) is 55.3 Å². The van der Waals surface area contributed by atoms with Gasteiger partial charge in [0.1, 0.15) is 17.2 Å². The maximum absolute atomic E-state index is 6.22. The molecular weight excluding hydrogens is 428 g/mol. The van der Waals surface area contributed by atoms with E-state index < -0.39 is 0 Å². The highest BCUT2D eigenvalue weighted by Crippen LogP contribution is 2.39. The summed E-state index contributed by atoms with van der Waals surface area (Å²) in [5, 5.41) is 4.25. The second kappa shape index (κ2) is 9.51. The SMILES string of the molecule is COc1cc(Oc2ccnc3cc(OC)c(OC)cc23)ccc1Nc1ccc(C(C)(C)C)cc1. The average molecular weight is 459 g/mol. The fraction of sp³-hybridized carbons (Fsp3) is 0.250. The third-order valence-electron chi connectivity index (χ3n) is 5.64. The maximum Gasteiger partial charge on any atom is 0.162 e. The molecule has 0 atom stereocenters. The number of rotatable bonds is 7. The zero-order valence-corrected chi connectivity index (χ0v) is 20.4. The number of nitrogens with zero attached hydrogens (tertiary/aromatic N) is 1. The number of nitrogens with one attached hydrogen (secondary N) is 1. The molecule has 0 fully saturated rings. The van der Waals surface area contributed by atoms with Crippen molar-refractivity contribution in [3.8, 4) is 28.7 Å². The lowest BCUT2D eigenvalue weighted by Crippen LogP contribution is -2.10. The van der Waals surface area contributed by atoms with Crippen LogP contribution < -0.4 is 24.3 Å². The van der Waals surface area contributed by atoms with Crippen molar-refractivity contribution in [2.45, 2.75) is 26.2 Å². The van der Waals surface area contributed by atoms with Gasteiger partial charge in [-0.25, -0.2) is 0 Å². The Balaban J connectivity index is 1.60. The van der Waals surface area contributed by atoms with Crippen LogP contribution in [0.3, 0.4) is 0 Å². The number of ether oxygens (including phenoxy) is 4. The molecule has 0 bridgehead atoms. The van der Waals surface area contributed by atoms with Crippen LogP contribution in [-0.4, -0.2) is 26.3 Å². The molecule has 0 radical (unpaired) electrons. The Labute approximate surface area is 200 Å². The summed E-state index contributed by atoms with van der Waals surface area (Å²) in [7, 11) is 4.85. The number of benzene rings is 3. The van der Waals surface area contributed by atoms with E-state index in [0.717, 1.165) is 22.3 Å². The zero-order valence-electron chi connectivity index (χ0n) is 20.4. The molecule has 1 aromatic heterocycles. The first kappa shape index (κ1) is 23.2. The number of hydrogen-bond donors (Lipinski definition) is 1. The number of hydrogen-bond acceptors (Lipinski definition) is 6. The summed E-state index contributed by atoms with van der Waals surface area (Å²) in [6, 6.07) is 19.7. The third kappa shape index (κ3) is 4.86. The van der Waals surface area contributed by atoms with Crippen LogP contribution in [0, 0.1) is 0 Å². The molecule has 0 amide bonds. The Kier molecular flexibility index (Phi) is 6.50. The maximum atomic E-state index is 6.22. The minimum Gasteiger partial charge on any atom is -0.494 e. The molecule has 0 aliphatic carbocycles. The van der Waals surface area contributed by atoms with Gasteiger partial charge in [-0.1, -0.05) is 32.9 Å². The summed E-state index contributed by atoms with van der Waals surface area (Å²) in [5.41, 5.74) is 3.98. The molecule has 176 valence electrons. The number of anilines is 2. The molecule has 3 aromatic carbocycles. The monoisotopic (exact) mass is 458 g/mol. The van der Waals surface area contributed by atoms with Gasteiger partial charge in [0, 0.05) is 29.4 Å². The van der Waals surface area contributed by atoms with Crippen molar-refractivity contribution in [3.63, 3.8) is 0 Å². The van der Waals surface area contributed by atoms with Crippen LogP contribution in [0.25, 0.3) is 10.9 Å². The fourth-order valence-electron chi connectivity index (χ4n) is 3.71. The molecule has 0 unspecified atom stereocenters. The van der Waals surface area contributed by atoms with E-state index >= 15 is 0 Å². The van der Waals surface area contributed by atoms with E-state index in [1.54, 1.807) is 27.5 Å². The van der Waals surface area contributed by atoms with Crippen molar-refractivity contribution in [1.29, 1.82) is 0 Å². The van der Waals surface area contributed by atoms with E-state index in [4.69, 9.17) is 18.9 Å². The highest BCUT2D eigenvalue weighted by molar-refractivity contribution is 5.88. The first-order valence-corrected chi connectivity index (χ1v) is 11.1. The van der Waals surface area contributed by atoms with Crippen molar-refractivity contribution in [3.05, 3.63) is 72.4 Å². The zero-order chi connectivity index (χ0) is 24.3. The first-order chi connectivity index (χ1) is 16.3. The van der Waals surface area contributed by atoms with E-state index in [9.17, 15) is 0 Å². The van der Waals surface area contributed by atoms with Gasteiger partial charge >= 0.3 is 0 Å². The predicted molar refractivity (Wildman–Crippen MR) is 136 cm³/mol. The lowest BCUT2D eigenvalue weighted by molar-refractivity contribution is 0.355. The second-order valence-electron chi connectivity index (χ2n) is 8.95. The van der Waals surface area contributed by atoms with Gasteiger partial charge in [-0.3, -0.25) is 4.98 Å². The van der Waals surface area contributed by atoms with Gasteiger partial charge in [0.25, 0.3) is 0 Å². The van der Waals surface area contributed by atoms with E-state index in [1.807, 2.05) is 36.4 Å². The van der Waals surface area contributed by atoms with Gasteiger partial charge in [0.15, 0.2) is 11.5 Å². The number of fused-ring (bicyclic) bond motifs is 1. The van der Waals surface area contributed by atoms with Gasteiger partial charge in [0.05, 0.1) is 32.5 Å². The van der Waals surface area contributed by atoms with E-state index in [1.165, 1.54) is 5.56 Å². The molecule has 0 saturated carbocycles. The standard InChI is InChI=1S/C28H30N2O4/c1-28(2,3)18-7-9-19(10-8-18)30-22-12-11-20(15-25(22)31-4)34-24-13-14-29-23-17-27(33-6)26(32-5)16-21(23)24/h7-17,30H,1-6H3. The highest BCUT2D eigenvalue weighted by atomic mass is 16.5. The Bertz CT molecular complexity index is 1290. The van der Waals surface area contributed by atoms with Crippen LogP contribution in [0.15, 0.2) is 66.9 Å². The number of aromatic nitrogens is 1. The molecule has 4 aromatic rings. The van der Waals surface area contributed by atoms with Gasteiger partial charge in [0.2, 0.25) is 0 Å². The molecule has 1 N–H and O–H groups in total. The van der Waals surface area contributed by atoms with Crippen LogP contribution in [0.4, 0.5) is 11.4 Å². The molecule has 6 heteroatoms. The van der Waals surface area contributed by atoms with E-state index in [-0.39, 0.29) is 5.41 Å². The predicted octanol–water partition coefficient (Wildman–Crippen LogP) is 7.09. The van der Waals surface area contributed by atoms with Gasteiger partial charge in [-0.15, -0.1) is 0 Å². The molecule has 6 nitrogen and oxygen atoms in total. The number of methoxy groups -OCH3 is 3. The molecule has 4 rings (SSSR count). The molecule has 0 aliphatic heterocycles. The normalized spacial score (nSPS) is 11.2. The fourth-order valence-corrected chi connectivity index (χ4v) is 3.71. The summed E-state index contributed by atoms with van der Waals surface area (Å²) >= 11 is 0. The Morgan fingerprint density at radius 2 is 1.38 bits per heavy atom. The summed E-state index contributed by atoms with van der Waals surface area (Å²) in [4.78, 5) is 4.43. The van der Waals surface area contributed by atoms with Crippen molar-refractivity contribution in [2.24, 2.45) is 0 Å². The van der Waals surface area contributed by atoms with Crippen molar-refractivity contribution >= 4 is 22.3 Å². The average Bonchev–Trinajstić information content (AvgIpc) is 2.84. The van der Waals surface area contributed by atoms with E-state index in [0.29, 0.717) is 28.7 Å². The molecule has 34 heavy (non-hydrogen) atoms. The van der Waals surface area contributed by atoms with Crippen LogP contribution in [-0.2, 0) is 5.41 Å². The Morgan fingerprint density at radius 1 is 0.706 bits per heavy atom. The lowest BCUT2D eigenvalue weighted by Gasteiger charge is -2.19. The minimum absolute atomic E-state index is 0.113. The van der Waals surface area contributed by atoms with Crippen molar-refractivity contribution in [1.82, 2.24) is 4.98 Å². The van der Waals surface area contributed by atoms with Crippen LogP contribution in [0.1, 0.15) is 26.3 Å². The third-order valence-corrected chi connectivity index (χ3v) is 5.64. The highest BCUT2D eigenvalue weighted by Gasteiger charge is 2.14. The Hall–Kier alpha value is -3.93. The topological polar surface area (TPSA) is 61.8 Å². The van der Waals surface area contributed by atoms with Gasteiger partial charge in [-0.2, -0.15) is 0 Å². The molecule has 0 spiro atoms.